The third kappa shape index (κ3) is 3.37. The fraction of sp³-hybridized carbons (Fsp3) is 0.867. The highest BCUT2D eigenvalue weighted by atomic mass is 32.2. The van der Waals surface area contributed by atoms with Crippen LogP contribution < -0.4 is 0 Å². The Balaban J connectivity index is 2.72. The van der Waals surface area contributed by atoms with Crippen molar-refractivity contribution in [3.63, 3.8) is 0 Å². The fourth-order valence-corrected chi connectivity index (χ4v) is 4.98. The molecule has 3 heteroatoms. The zero-order chi connectivity index (χ0) is 13.8. The van der Waals surface area contributed by atoms with Gasteiger partial charge in [0.1, 0.15) is 0 Å². The summed E-state index contributed by atoms with van der Waals surface area (Å²) in [5, 5.41) is 0. The van der Waals surface area contributed by atoms with Crippen LogP contribution in [0.15, 0.2) is 0 Å². The average molecular weight is 270 g/mol. The van der Waals surface area contributed by atoms with E-state index in [1.807, 2.05) is 11.8 Å². The monoisotopic (exact) mass is 270 g/mol. The quantitative estimate of drug-likeness (QED) is 0.400. The van der Waals surface area contributed by atoms with Gasteiger partial charge in [0.2, 0.25) is 0 Å². The van der Waals surface area contributed by atoms with Crippen LogP contribution >= 0.6 is 11.8 Å². The van der Waals surface area contributed by atoms with Gasteiger partial charge in [-0.1, -0.05) is 46.5 Å². The molecule has 18 heavy (non-hydrogen) atoms. The molecule has 104 valence electrons. The molecule has 2 unspecified atom stereocenters. The summed E-state index contributed by atoms with van der Waals surface area (Å²) in [5.74, 6) is 0.652. The van der Waals surface area contributed by atoms with E-state index in [2.05, 4.69) is 27.7 Å². The highest BCUT2D eigenvalue weighted by Gasteiger charge is 2.53. The Morgan fingerprint density at radius 2 is 1.94 bits per heavy atom. The molecule has 1 aliphatic heterocycles. The summed E-state index contributed by atoms with van der Waals surface area (Å²) in [6.07, 6.45) is 6.46. The van der Waals surface area contributed by atoms with Crippen molar-refractivity contribution < 1.29 is 9.59 Å². The van der Waals surface area contributed by atoms with Gasteiger partial charge < -0.3 is 0 Å². The Morgan fingerprint density at radius 3 is 2.50 bits per heavy atom. The molecule has 0 aromatic heterocycles. The lowest BCUT2D eigenvalue weighted by molar-refractivity contribution is -0.135. The lowest BCUT2D eigenvalue weighted by Gasteiger charge is -2.34. The van der Waals surface area contributed by atoms with Gasteiger partial charge in [-0.2, -0.15) is 11.8 Å². The van der Waals surface area contributed by atoms with Gasteiger partial charge in [-0.05, 0) is 24.5 Å². The largest absolute Gasteiger partial charge is 0.295 e. The Labute approximate surface area is 115 Å². The SMILES string of the molecule is CCCCCCC1(C)SCC(C)(C)C1C(=O)C=O. The van der Waals surface area contributed by atoms with E-state index < -0.39 is 0 Å². The predicted molar refractivity (Wildman–Crippen MR) is 78.0 cm³/mol. The first kappa shape index (κ1) is 15.7. The Kier molecular flexibility index (Phi) is 5.45. The van der Waals surface area contributed by atoms with Crippen LogP contribution in [0.2, 0.25) is 0 Å². The van der Waals surface area contributed by atoms with E-state index in [-0.39, 0.29) is 21.9 Å². The van der Waals surface area contributed by atoms with Crippen LogP contribution in [0, 0.1) is 11.3 Å². The van der Waals surface area contributed by atoms with Crippen LogP contribution in [0.1, 0.15) is 59.8 Å². The van der Waals surface area contributed by atoms with Gasteiger partial charge in [-0.25, -0.2) is 0 Å². The molecule has 1 rings (SSSR count). The molecular weight excluding hydrogens is 244 g/mol. The van der Waals surface area contributed by atoms with Crippen molar-refractivity contribution in [3.8, 4) is 0 Å². The molecule has 1 saturated heterocycles. The maximum absolute atomic E-state index is 12.0. The van der Waals surface area contributed by atoms with E-state index in [1.54, 1.807) is 0 Å². The maximum Gasteiger partial charge on any atom is 0.200 e. The van der Waals surface area contributed by atoms with Gasteiger partial charge >= 0.3 is 0 Å². The molecule has 2 atom stereocenters. The zero-order valence-corrected chi connectivity index (χ0v) is 12.9. The summed E-state index contributed by atoms with van der Waals surface area (Å²) >= 11 is 1.88. The molecular formula is C15H26O2S. The number of aldehydes is 1. The molecule has 0 spiro atoms. The zero-order valence-electron chi connectivity index (χ0n) is 12.1. The Bertz CT molecular complexity index is 312. The second kappa shape index (κ2) is 6.23. The first-order valence-electron chi connectivity index (χ1n) is 7.00. The number of hydrogen-bond acceptors (Lipinski definition) is 3. The lowest BCUT2D eigenvalue weighted by atomic mass is 9.70. The Hall–Kier alpha value is -0.310. The molecule has 2 nitrogen and oxygen atoms in total. The van der Waals surface area contributed by atoms with Gasteiger partial charge in [0.05, 0.1) is 0 Å². The van der Waals surface area contributed by atoms with Crippen molar-refractivity contribution in [2.24, 2.45) is 11.3 Å². The van der Waals surface area contributed by atoms with Crippen molar-refractivity contribution in [2.75, 3.05) is 5.75 Å². The smallest absolute Gasteiger partial charge is 0.200 e. The molecule has 0 radical (unpaired) electrons. The molecule has 0 saturated carbocycles. The summed E-state index contributed by atoms with van der Waals surface area (Å²) in [5.41, 5.74) is -0.0534. The van der Waals surface area contributed by atoms with Crippen LogP contribution in [0.5, 0.6) is 0 Å². The topological polar surface area (TPSA) is 34.1 Å². The number of thioether (sulfide) groups is 1. The molecule has 0 amide bonds. The van der Waals surface area contributed by atoms with Gasteiger partial charge in [-0.3, -0.25) is 9.59 Å². The summed E-state index contributed by atoms with van der Waals surface area (Å²) in [7, 11) is 0. The number of carbonyl (C=O) groups is 2. The van der Waals surface area contributed by atoms with Crippen molar-refractivity contribution in [2.45, 2.75) is 64.5 Å². The molecule has 1 aliphatic rings. The number of unbranched alkanes of at least 4 members (excludes halogenated alkanes) is 3. The highest BCUT2D eigenvalue weighted by Crippen LogP contribution is 2.55. The van der Waals surface area contributed by atoms with Crippen molar-refractivity contribution in [1.29, 1.82) is 0 Å². The molecule has 0 bridgehead atoms. The summed E-state index contributed by atoms with van der Waals surface area (Å²) in [4.78, 5) is 22.8. The number of hydrogen-bond donors (Lipinski definition) is 0. The Morgan fingerprint density at radius 1 is 1.28 bits per heavy atom. The van der Waals surface area contributed by atoms with Gasteiger partial charge in [0.15, 0.2) is 12.1 Å². The molecule has 1 heterocycles. The average Bonchev–Trinajstić information content (AvgIpc) is 2.56. The van der Waals surface area contributed by atoms with Crippen LogP contribution in [0.4, 0.5) is 0 Å². The third-order valence-corrected chi connectivity index (χ3v) is 6.08. The van der Waals surface area contributed by atoms with Crippen LogP contribution in [-0.2, 0) is 9.59 Å². The van der Waals surface area contributed by atoms with E-state index in [4.69, 9.17) is 0 Å². The number of ketones is 1. The van der Waals surface area contributed by atoms with Crippen molar-refractivity contribution in [1.82, 2.24) is 0 Å². The standard InChI is InChI=1S/C15H26O2S/c1-5-6-7-8-9-15(4)13(12(17)10-16)14(2,3)11-18-15/h10,13H,5-9,11H2,1-4H3. The number of rotatable bonds is 7. The van der Waals surface area contributed by atoms with E-state index in [0.29, 0.717) is 6.29 Å². The molecule has 0 aromatic rings. The van der Waals surface area contributed by atoms with Crippen molar-refractivity contribution >= 4 is 23.8 Å². The minimum atomic E-state index is -0.206. The van der Waals surface area contributed by atoms with Gasteiger partial charge in [0.25, 0.3) is 0 Å². The number of Topliss-reactive ketones (excluding diaryl/α,β-unsaturated/α-hetero) is 1. The van der Waals surface area contributed by atoms with Crippen molar-refractivity contribution in [3.05, 3.63) is 0 Å². The lowest BCUT2D eigenvalue weighted by Crippen LogP contribution is -2.41. The predicted octanol–water partition coefficient (Wildman–Crippen LogP) is 3.87. The first-order chi connectivity index (χ1) is 8.37. The fourth-order valence-electron chi connectivity index (χ4n) is 3.22. The summed E-state index contributed by atoms with van der Waals surface area (Å²) in [6, 6.07) is 0. The normalized spacial score (nSPS) is 30.3. The third-order valence-electron chi connectivity index (χ3n) is 4.09. The highest BCUT2D eigenvalue weighted by molar-refractivity contribution is 8.01. The van der Waals surface area contributed by atoms with Crippen LogP contribution in [-0.4, -0.2) is 22.6 Å². The molecule has 0 N–H and O–H groups in total. The van der Waals surface area contributed by atoms with E-state index in [1.165, 1.54) is 19.3 Å². The van der Waals surface area contributed by atoms with Crippen LogP contribution in [0.3, 0.4) is 0 Å². The van der Waals surface area contributed by atoms with E-state index in [9.17, 15) is 9.59 Å². The van der Waals surface area contributed by atoms with Gasteiger partial charge in [0, 0.05) is 10.7 Å². The molecule has 1 fully saturated rings. The maximum atomic E-state index is 12.0. The molecule has 0 aliphatic carbocycles. The second-order valence-electron chi connectivity index (χ2n) is 6.35. The minimum Gasteiger partial charge on any atom is -0.295 e. The summed E-state index contributed by atoms with van der Waals surface area (Å²) < 4.78 is -0.0464. The number of carbonyl (C=O) groups excluding carboxylic acids is 2. The first-order valence-corrected chi connectivity index (χ1v) is 7.99. The van der Waals surface area contributed by atoms with Gasteiger partial charge in [-0.15, -0.1) is 0 Å². The minimum absolute atomic E-state index is 0.0464. The van der Waals surface area contributed by atoms with E-state index in [0.717, 1.165) is 18.6 Å². The second-order valence-corrected chi connectivity index (χ2v) is 7.86. The van der Waals surface area contributed by atoms with Crippen LogP contribution in [0.25, 0.3) is 0 Å². The van der Waals surface area contributed by atoms with E-state index >= 15 is 0 Å². The summed E-state index contributed by atoms with van der Waals surface area (Å²) in [6.45, 7) is 8.60. The molecule has 0 aromatic carbocycles.